The van der Waals surface area contributed by atoms with Crippen LogP contribution in [-0.2, 0) is 12.8 Å². The minimum Gasteiger partial charge on any atom is -0.496 e. The Morgan fingerprint density at radius 3 is 2.72 bits per heavy atom. The molecule has 1 aliphatic carbocycles. The molecule has 0 unspecified atom stereocenters. The summed E-state index contributed by atoms with van der Waals surface area (Å²) in [5.74, 6) is -1.06. The van der Waals surface area contributed by atoms with E-state index in [9.17, 15) is 14.3 Å². The fourth-order valence-electron chi connectivity index (χ4n) is 3.59. The molecule has 1 heterocycles. The summed E-state index contributed by atoms with van der Waals surface area (Å²) in [5.41, 5.74) is 4.87. The molecule has 0 amide bonds. The summed E-state index contributed by atoms with van der Waals surface area (Å²) >= 11 is 0. The summed E-state index contributed by atoms with van der Waals surface area (Å²) in [6, 6.07) is 12.1. The van der Waals surface area contributed by atoms with Gasteiger partial charge in [0.2, 0.25) is 0 Å². The number of ether oxygens (including phenoxy) is 1. The van der Waals surface area contributed by atoms with E-state index in [2.05, 4.69) is 4.98 Å². The first-order valence-corrected chi connectivity index (χ1v) is 8.00. The fourth-order valence-corrected chi connectivity index (χ4v) is 3.59. The number of carboxylic acids is 1. The number of halogens is 1. The van der Waals surface area contributed by atoms with Gasteiger partial charge in [-0.05, 0) is 42.2 Å². The zero-order valence-electron chi connectivity index (χ0n) is 13.6. The Morgan fingerprint density at radius 2 is 1.96 bits per heavy atom. The number of hydrogen-bond acceptors (Lipinski definition) is 2. The smallest absolute Gasteiger partial charge is 0.352 e. The molecule has 2 aromatic carbocycles. The first-order valence-electron chi connectivity index (χ1n) is 8.00. The van der Waals surface area contributed by atoms with Gasteiger partial charge in [0.05, 0.1) is 12.8 Å². The largest absolute Gasteiger partial charge is 0.496 e. The number of aromatic amines is 1. The number of carboxylic acid groups (broad SMARTS) is 1. The molecule has 0 saturated heterocycles. The van der Waals surface area contributed by atoms with Crippen molar-refractivity contribution in [3.05, 3.63) is 65.1 Å². The van der Waals surface area contributed by atoms with Gasteiger partial charge in [0.25, 0.3) is 0 Å². The normalized spacial score (nSPS) is 12.4. The van der Waals surface area contributed by atoms with Gasteiger partial charge in [-0.2, -0.15) is 0 Å². The van der Waals surface area contributed by atoms with Crippen LogP contribution < -0.4 is 4.74 Å². The Balaban J connectivity index is 2.04. The zero-order chi connectivity index (χ0) is 17.6. The van der Waals surface area contributed by atoms with Crippen LogP contribution in [0.3, 0.4) is 0 Å². The SMILES string of the molecule is COc1ccc(F)cc1-c1c(C(=O)O)[nH]c2c1CCc1ccccc1-2. The van der Waals surface area contributed by atoms with Crippen molar-refractivity contribution in [2.24, 2.45) is 0 Å². The molecule has 2 N–H and O–H groups in total. The second-order valence-electron chi connectivity index (χ2n) is 6.04. The van der Waals surface area contributed by atoms with Gasteiger partial charge in [-0.15, -0.1) is 0 Å². The van der Waals surface area contributed by atoms with Crippen LogP contribution >= 0.6 is 0 Å². The number of nitrogens with one attached hydrogen (secondary N) is 1. The van der Waals surface area contributed by atoms with E-state index in [1.54, 1.807) is 0 Å². The molecule has 0 aliphatic heterocycles. The monoisotopic (exact) mass is 337 g/mol. The molecular formula is C20H16FNO3. The molecule has 5 heteroatoms. The lowest BCUT2D eigenvalue weighted by molar-refractivity contribution is 0.0692. The highest BCUT2D eigenvalue weighted by Gasteiger charge is 2.28. The Bertz CT molecular complexity index is 991. The predicted molar refractivity (Wildman–Crippen MR) is 92.5 cm³/mol. The fraction of sp³-hybridized carbons (Fsp3) is 0.150. The van der Waals surface area contributed by atoms with Gasteiger partial charge >= 0.3 is 5.97 Å². The van der Waals surface area contributed by atoms with Crippen molar-refractivity contribution in [2.45, 2.75) is 12.8 Å². The number of aromatic carboxylic acids is 1. The summed E-state index contributed by atoms with van der Waals surface area (Å²) in [6.07, 6.45) is 1.50. The van der Waals surface area contributed by atoms with Crippen LogP contribution in [0.15, 0.2) is 42.5 Å². The van der Waals surface area contributed by atoms with Crippen LogP contribution in [0, 0.1) is 5.82 Å². The van der Waals surface area contributed by atoms with Crippen molar-refractivity contribution in [1.29, 1.82) is 0 Å². The minimum absolute atomic E-state index is 0.0607. The van der Waals surface area contributed by atoms with E-state index in [-0.39, 0.29) is 5.69 Å². The third-order valence-corrected chi connectivity index (χ3v) is 4.68. The molecule has 1 aliphatic rings. The van der Waals surface area contributed by atoms with Gasteiger partial charge in [0, 0.05) is 16.7 Å². The quantitative estimate of drug-likeness (QED) is 0.749. The van der Waals surface area contributed by atoms with E-state index < -0.39 is 11.8 Å². The zero-order valence-corrected chi connectivity index (χ0v) is 13.6. The highest BCUT2D eigenvalue weighted by molar-refractivity contribution is 5.99. The molecule has 25 heavy (non-hydrogen) atoms. The number of hydrogen-bond donors (Lipinski definition) is 2. The molecule has 4 rings (SSSR count). The van der Waals surface area contributed by atoms with Gasteiger partial charge < -0.3 is 14.8 Å². The average molecular weight is 337 g/mol. The van der Waals surface area contributed by atoms with Gasteiger partial charge in [-0.25, -0.2) is 9.18 Å². The molecule has 0 atom stereocenters. The Kier molecular flexibility index (Phi) is 3.57. The number of methoxy groups -OCH3 is 1. The van der Waals surface area contributed by atoms with Gasteiger partial charge in [-0.1, -0.05) is 24.3 Å². The van der Waals surface area contributed by atoms with E-state index in [0.29, 0.717) is 23.3 Å². The molecule has 126 valence electrons. The minimum atomic E-state index is -1.08. The van der Waals surface area contributed by atoms with Crippen LogP contribution in [-0.4, -0.2) is 23.2 Å². The van der Waals surface area contributed by atoms with Crippen molar-refractivity contribution < 1.29 is 19.0 Å². The highest BCUT2D eigenvalue weighted by atomic mass is 19.1. The van der Waals surface area contributed by atoms with Crippen LogP contribution in [0.25, 0.3) is 22.4 Å². The van der Waals surface area contributed by atoms with Crippen molar-refractivity contribution in [3.8, 4) is 28.1 Å². The Labute approximate surface area is 143 Å². The maximum absolute atomic E-state index is 13.9. The molecular weight excluding hydrogens is 321 g/mol. The number of aryl methyl sites for hydroxylation is 1. The second kappa shape index (κ2) is 5.77. The molecule has 1 aromatic heterocycles. The summed E-state index contributed by atoms with van der Waals surface area (Å²) in [6.45, 7) is 0. The number of aromatic nitrogens is 1. The van der Waals surface area contributed by atoms with E-state index in [1.807, 2.05) is 24.3 Å². The number of fused-ring (bicyclic) bond motifs is 3. The van der Waals surface area contributed by atoms with Crippen molar-refractivity contribution in [1.82, 2.24) is 4.98 Å². The number of carbonyl (C=O) groups is 1. The highest BCUT2D eigenvalue weighted by Crippen LogP contribution is 2.43. The van der Waals surface area contributed by atoms with Crippen molar-refractivity contribution in [2.75, 3.05) is 7.11 Å². The first kappa shape index (κ1) is 15.4. The lowest BCUT2D eigenvalue weighted by Gasteiger charge is -2.18. The molecule has 0 radical (unpaired) electrons. The second-order valence-corrected chi connectivity index (χ2v) is 6.04. The van der Waals surface area contributed by atoms with Gasteiger partial charge in [0.1, 0.15) is 17.3 Å². The molecule has 0 bridgehead atoms. The third kappa shape index (κ3) is 2.39. The Morgan fingerprint density at radius 1 is 1.16 bits per heavy atom. The number of H-pyrrole nitrogens is 1. The van der Waals surface area contributed by atoms with Crippen LogP contribution in [0.1, 0.15) is 21.6 Å². The standard InChI is InChI=1S/C20H16FNO3/c1-25-16-9-7-12(21)10-15(16)17-14-8-6-11-4-2-3-5-13(11)18(14)22-19(17)20(23)24/h2-5,7,9-10,22H,6,8H2,1H3,(H,23,24). The number of rotatable bonds is 3. The topological polar surface area (TPSA) is 62.3 Å². The maximum atomic E-state index is 13.9. The van der Waals surface area contributed by atoms with Crippen molar-refractivity contribution in [3.63, 3.8) is 0 Å². The molecule has 0 saturated carbocycles. The van der Waals surface area contributed by atoms with E-state index in [0.717, 1.165) is 23.2 Å². The lowest BCUT2D eigenvalue weighted by Crippen LogP contribution is -2.04. The molecule has 3 aromatic rings. The van der Waals surface area contributed by atoms with Crippen LogP contribution in [0.2, 0.25) is 0 Å². The number of benzene rings is 2. The molecule has 4 nitrogen and oxygen atoms in total. The lowest BCUT2D eigenvalue weighted by atomic mass is 9.86. The summed E-state index contributed by atoms with van der Waals surface area (Å²) < 4.78 is 19.2. The summed E-state index contributed by atoms with van der Waals surface area (Å²) in [7, 11) is 1.49. The Hall–Kier alpha value is -3.08. The van der Waals surface area contributed by atoms with Gasteiger partial charge in [-0.3, -0.25) is 0 Å². The summed E-state index contributed by atoms with van der Waals surface area (Å²) in [4.78, 5) is 14.9. The van der Waals surface area contributed by atoms with Crippen LogP contribution in [0.4, 0.5) is 4.39 Å². The van der Waals surface area contributed by atoms with Crippen molar-refractivity contribution >= 4 is 5.97 Å². The summed E-state index contributed by atoms with van der Waals surface area (Å²) in [5, 5.41) is 9.69. The van der Waals surface area contributed by atoms with Gasteiger partial charge in [0.15, 0.2) is 0 Å². The van der Waals surface area contributed by atoms with E-state index >= 15 is 0 Å². The van der Waals surface area contributed by atoms with Crippen LogP contribution in [0.5, 0.6) is 5.75 Å². The third-order valence-electron chi connectivity index (χ3n) is 4.68. The van der Waals surface area contributed by atoms with E-state index in [4.69, 9.17) is 4.74 Å². The predicted octanol–water partition coefficient (Wildman–Crippen LogP) is 4.29. The first-order chi connectivity index (χ1) is 12.1. The van der Waals surface area contributed by atoms with E-state index in [1.165, 1.54) is 30.9 Å². The average Bonchev–Trinajstić information content (AvgIpc) is 3.02. The maximum Gasteiger partial charge on any atom is 0.352 e. The molecule has 0 fully saturated rings. The molecule has 0 spiro atoms.